The van der Waals surface area contributed by atoms with Crippen LogP contribution in [0.15, 0.2) is 48.7 Å². The fourth-order valence-electron chi connectivity index (χ4n) is 3.16. The molecule has 1 N–H and O–H groups in total. The van der Waals surface area contributed by atoms with Crippen LogP contribution in [-0.4, -0.2) is 10.9 Å². The van der Waals surface area contributed by atoms with Crippen molar-refractivity contribution in [3.8, 4) is 28.3 Å². The summed E-state index contributed by atoms with van der Waals surface area (Å²) in [6.07, 6.45) is 1.51. The number of nitrogens with one attached hydrogen (secondary N) is 1. The predicted molar refractivity (Wildman–Crippen MR) is 90.9 cm³/mol. The summed E-state index contributed by atoms with van der Waals surface area (Å²) < 4.78 is 27.5. The van der Waals surface area contributed by atoms with Crippen LogP contribution in [0.25, 0.3) is 22.3 Å². The van der Waals surface area contributed by atoms with Gasteiger partial charge in [-0.15, -0.1) is 0 Å². The summed E-state index contributed by atoms with van der Waals surface area (Å²) in [6.45, 7) is 0.315. The molecule has 0 spiro atoms. The Kier molecular flexibility index (Phi) is 3.70. The Bertz CT molecular complexity index is 1100. The van der Waals surface area contributed by atoms with Gasteiger partial charge in [0.1, 0.15) is 23.4 Å². The van der Waals surface area contributed by atoms with Crippen LogP contribution >= 0.6 is 0 Å². The maximum absolute atomic E-state index is 14.3. The molecule has 0 saturated heterocycles. The number of fused-ring (bicyclic) bond motifs is 1. The van der Waals surface area contributed by atoms with Gasteiger partial charge in [0.15, 0.2) is 0 Å². The maximum Gasteiger partial charge on any atom is 0.251 e. The van der Waals surface area contributed by atoms with E-state index in [4.69, 9.17) is 0 Å². The van der Waals surface area contributed by atoms with Crippen molar-refractivity contribution in [2.75, 3.05) is 0 Å². The van der Waals surface area contributed by atoms with E-state index in [1.165, 1.54) is 12.3 Å². The van der Waals surface area contributed by atoms with E-state index in [1.807, 2.05) is 6.07 Å². The third-order valence-corrected chi connectivity index (χ3v) is 4.37. The Morgan fingerprint density at radius 3 is 2.62 bits per heavy atom. The molecular weight excluding hydrogens is 336 g/mol. The van der Waals surface area contributed by atoms with Crippen LogP contribution in [-0.2, 0) is 6.54 Å². The highest BCUT2D eigenvalue weighted by atomic mass is 19.1. The molecule has 0 radical (unpaired) electrons. The van der Waals surface area contributed by atoms with Gasteiger partial charge in [0.05, 0.1) is 0 Å². The van der Waals surface area contributed by atoms with Crippen LogP contribution in [0.3, 0.4) is 0 Å². The fourth-order valence-corrected chi connectivity index (χ4v) is 3.16. The van der Waals surface area contributed by atoms with Gasteiger partial charge in [0.25, 0.3) is 5.91 Å². The summed E-state index contributed by atoms with van der Waals surface area (Å²) in [5, 5.41) is 12.1. The molecule has 6 heteroatoms. The van der Waals surface area contributed by atoms with E-state index >= 15 is 0 Å². The zero-order valence-electron chi connectivity index (χ0n) is 13.4. The molecule has 0 atom stereocenters. The van der Waals surface area contributed by atoms with E-state index in [2.05, 4.69) is 10.3 Å². The lowest BCUT2D eigenvalue weighted by molar-refractivity contribution is 0.0966. The molecule has 126 valence electrons. The second-order valence-electron chi connectivity index (χ2n) is 5.87. The van der Waals surface area contributed by atoms with E-state index in [0.29, 0.717) is 28.8 Å². The number of hydrogen-bond donors (Lipinski definition) is 1. The number of hydrogen-bond acceptors (Lipinski definition) is 3. The molecule has 3 aromatic rings. The normalized spacial score (nSPS) is 12.4. The highest BCUT2D eigenvalue weighted by molar-refractivity contribution is 6.02. The number of halogens is 2. The molecule has 1 aliphatic rings. The average molecular weight is 347 g/mol. The minimum absolute atomic E-state index is 0.178. The zero-order valence-corrected chi connectivity index (χ0v) is 13.4. The van der Waals surface area contributed by atoms with E-state index in [-0.39, 0.29) is 17.2 Å². The van der Waals surface area contributed by atoms with Gasteiger partial charge >= 0.3 is 0 Å². The van der Waals surface area contributed by atoms with Gasteiger partial charge in [-0.05, 0) is 53.1 Å². The van der Waals surface area contributed by atoms with Gasteiger partial charge in [-0.3, -0.25) is 4.79 Å². The monoisotopic (exact) mass is 347 g/mol. The first-order valence-electron chi connectivity index (χ1n) is 7.84. The Hall–Kier alpha value is -3.59. The van der Waals surface area contributed by atoms with Gasteiger partial charge in [-0.1, -0.05) is 0 Å². The molecule has 1 amide bonds. The quantitative estimate of drug-likeness (QED) is 0.767. The molecule has 4 rings (SSSR count). The first kappa shape index (κ1) is 15.9. The molecule has 0 unspecified atom stereocenters. The van der Waals surface area contributed by atoms with Gasteiger partial charge in [-0.2, -0.15) is 5.26 Å². The molecule has 2 heterocycles. The molecule has 1 aromatic heterocycles. The second kappa shape index (κ2) is 6.05. The number of rotatable bonds is 2. The van der Waals surface area contributed by atoms with Crippen LogP contribution in [0, 0.1) is 23.0 Å². The number of amides is 1. The van der Waals surface area contributed by atoms with Crippen molar-refractivity contribution in [2.24, 2.45) is 0 Å². The minimum Gasteiger partial charge on any atom is -0.348 e. The first-order valence-corrected chi connectivity index (χ1v) is 7.84. The van der Waals surface area contributed by atoms with Crippen molar-refractivity contribution >= 4 is 5.91 Å². The van der Waals surface area contributed by atoms with Crippen LogP contribution in [0.4, 0.5) is 8.78 Å². The van der Waals surface area contributed by atoms with Gasteiger partial charge in [-0.25, -0.2) is 13.8 Å². The lowest BCUT2D eigenvalue weighted by Crippen LogP contribution is -2.12. The molecule has 0 saturated carbocycles. The first-order chi connectivity index (χ1) is 12.6. The van der Waals surface area contributed by atoms with Crippen molar-refractivity contribution in [3.63, 3.8) is 0 Å². The lowest BCUT2D eigenvalue weighted by Gasteiger charge is -2.12. The SMILES string of the molecule is N#Cc1ncccc1-c1cc(-c2ccc(F)cc2F)cc2c1CNC2=O. The Morgan fingerprint density at radius 2 is 1.85 bits per heavy atom. The number of carbonyl (C=O) groups is 1. The van der Waals surface area contributed by atoms with Crippen LogP contribution in [0.1, 0.15) is 21.6 Å². The van der Waals surface area contributed by atoms with Crippen LogP contribution < -0.4 is 5.32 Å². The smallest absolute Gasteiger partial charge is 0.251 e. The molecule has 26 heavy (non-hydrogen) atoms. The van der Waals surface area contributed by atoms with E-state index in [0.717, 1.165) is 17.7 Å². The van der Waals surface area contributed by atoms with E-state index in [9.17, 15) is 18.8 Å². The summed E-state index contributed by atoms with van der Waals surface area (Å²) in [7, 11) is 0. The molecule has 4 nitrogen and oxygen atoms in total. The van der Waals surface area contributed by atoms with Crippen molar-refractivity contribution in [1.82, 2.24) is 10.3 Å². The number of nitrogens with zero attached hydrogens (tertiary/aromatic N) is 2. The van der Waals surface area contributed by atoms with Crippen molar-refractivity contribution in [3.05, 3.63) is 77.1 Å². The summed E-state index contributed by atoms with van der Waals surface area (Å²) in [6, 6.07) is 12.0. The number of aromatic nitrogens is 1. The van der Waals surface area contributed by atoms with E-state index in [1.54, 1.807) is 24.3 Å². The summed E-state index contributed by atoms with van der Waals surface area (Å²) >= 11 is 0. The van der Waals surface area contributed by atoms with Gasteiger partial charge < -0.3 is 5.32 Å². The summed E-state index contributed by atoms with van der Waals surface area (Å²) in [5.41, 5.74) is 3.15. The second-order valence-corrected chi connectivity index (χ2v) is 5.87. The predicted octanol–water partition coefficient (Wildman–Crippen LogP) is 3.81. The topological polar surface area (TPSA) is 65.8 Å². The number of benzene rings is 2. The number of pyridine rings is 1. The lowest BCUT2D eigenvalue weighted by atomic mass is 9.91. The minimum atomic E-state index is -0.721. The Labute approximate surface area is 147 Å². The van der Waals surface area contributed by atoms with Gasteiger partial charge in [0, 0.05) is 35.5 Å². The molecule has 1 aliphatic heterocycles. The summed E-state index contributed by atoms with van der Waals surface area (Å²) in [4.78, 5) is 16.2. The molecule has 0 bridgehead atoms. The summed E-state index contributed by atoms with van der Waals surface area (Å²) in [5.74, 6) is -1.67. The maximum atomic E-state index is 14.3. The molecule has 2 aromatic carbocycles. The fraction of sp³-hybridized carbons (Fsp3) is 0.0500. The third-order valence-electron chi connectivity index (χ3n) is 4.37. The third kappa shape index (κ3) is 2.50. The number of carbonyl (C=O) groups excluding carboxylic acids is 1. The van der Waals surface area contributed by atoms with Crippen molar-refractivity contribution in [1.29, 1.82) is 5.26 Å². The Morgan fingerprint density at radius 1 is 1.04 bits per heavy atom. The molecule has 0 fully saturated rings. The largest absolute Gasteiger partial charge is 0.348 e. The highest BCUT2D eigenvalue weighted by Gasteiger charge is 2.25. The van der Waals surface area contributed by atoms with Gasteiger partial charge in [0.2, 0.25) is 0 Å². The van der Waals surface area contributed by atoms with E-state index < -0.39 is 11.6 Å². The number of nitriles is 1. The molecule has 0 aliphatic carbocycles. The standard InChI is InChI=1S/C20H11F2N3O/c21-12-3-4-13(18(22)8-12)11-6-15(14-2-1-5-24-19(14)9-23)17-10-25-20(26)16(17)7-11/h1-8H,10H2,(H,25,26). The van der Waals surface area contributed by atoms with Crippen LogP contribution in [0.2, 0.25) is 0 Å². The van der Waals surface area contributed by atoms with Crippen molar-refractivity contribution < 1.29 is 13.6 Å². The van der Waals surface area contributed by atoms with Crippen LogP contribution in [0.5, 0.6) is 0 Å². The Balaban J connectivity index is 2.01. The van der Waals surface area contributed by atoms with Crippen molar-refractivity contribution in [2.45, 2.75) is 6.54 Å². The molecular formula is C20H11F2N3O. The zero-order chi connectivity index (χ0) is 18.3. The average Bonchev–Trinajstić information content (AvgIpc) is 3.02. The highest BCUT2D eigenvalue weighted by Crippen LogP contribution is 2.36.